The average molecular weight is 183 g/mol. The normalized spacial score (nSPS) is 36.7. The van der Waals surface area contributed by atoms with Crippen molar-refractivity contribution in [2.75, 3.05) is 32.7 Å². The van der Waals surface area contributed by atoms with E-state index in [4.69, 9.17) is 0 Å². The Balaban J connectivity index is 1.73. The maximum Gasteiger partial charge on any atom is 0.0195 e. The first-order valence-electron chi connectivity index (χ1n) is 5.54. The average Bonchev–Trinajstić information content (AvgIpc) is 2.57. The number of nitrogens with one attached hydrogen (secondary N) is 2. The van der Waals surface area contributed by atoms with Crippen molar-refractivity contribution in [2.24, 2.45) is 0 Å². The highest BCUT2D eigenvalue weighted by atomic mass is 15.2. The lowest BCUT2D eigenvalue weighted by atomic mass is 10.2. The van der Waals surface area contributed by atoms with Gasteiger partial charge in [-0.05, 0) is 26.3 Å². The number of nitrogens with zero attached hydrogens (tertiary/aromatic N) is 1. The smallest absolute Gasteiger partial charge is 0.0195 e. The topological polar surface area (TPSA) is 27.3 Å². The molecule has 2 heterocycles. The summed E-state index contributed by atoms with van der Waals surface area (Å²) in [6.45, 7) is 8.36. The minimum absolute atomic E-state index is 0.676. The van der Waals surface area contributed by atoms with Crippen LogP contribution in [0, 0.1) is 0 Å². The van der Waals surface area contributed by atoms with Crippen LogP contribution < -0.4 is 10.6 Å². The molecule has 2 aliphatic heterocycles. The van der Waals surface area contributed by atoms with Crippen LogP contribution in [0.15, 0.2) is 0 Å². The minimum Gasteiger partial charge on any atom is -0.313 e. The quantitative estimate of drug-likeness (QED) is 0.632. The molecule has 0 aromatic heterocycles. The molecule has 0 aliphatic carbocycles. The Hall–Kier alpha value is -0.120. The Morgan fingerprint density at radius 1 is 1.31 bits per heavy atom. The van der Waals surface area contributed by atoms with E-state index in [1.165, 1.54) is 39.0 Å². The fraction of sp³-hybridized carbons (Fsp3) is 1.00. The Labute approximate surface area is 80.9 Å². The van der Waals surface area contributed by atoms with Crippen molar-refractivity contribution in [3.63, 3.8) is 0 Å². The molecule has 2 rings (SSSR count). The summed E-state index contributed by atoms with van der Waals surface area (Å²) in [4.78, 5) is 2.59. The van der Waals surface area contributed by atoms with Crippen molar-refractivity contribution in [3.05, 3.63) is 0 Å². The van der Waals surface area contributed by atoms with Crippen LogP contribution in [0.3, 0.4) is 0 Å². The molecule has 3 heteroatoms. The highest BCUT2D eigenvalue weighted by Gasteiger charge is 2.21. The molecule has 3 nitrogen and oxygen atoms in total. The maximum absolute atomic E-state index is 3.56. The van der Waals surface area contributed by atoms with Gasteiger partial charge in [-0.3, -0.25) is 4.90 Å². The number of rotatable bonds is 2. The molecule has 2 N–H and O–H groups in total. The Morgan fingerprint density at radius 3 is 2.92 bits per heavy atom. The van der Waals surface area contributed by atoms with E-state index in [2.05, 4.69) is 22.5 Å². The van der Waals surface area contributed by atoms with Gasteiger partial charge >= 0.3 is 0 Å². The van der Waals surface area contributed by atoms with Crippen LogP contribution in [-0.2, 0) is 0 Å². The van der Waals surface area contributed by atoms with Gasteiger partial charge in [-0.2, -0.15) is 0 Å². The molecule has 13 heavy (non-hydrogen) atoms. The van der Waals surface area contributed by atoms with Crippen molar-refractivity contribution in [1.82, 2.24) is 15.5 Å². The molecule has 0 aromatic carbocycles. The van der Waals surface area contributed by atoms with Crippen LogP contribution in [0.4, 0.5) is 0 Å². The van der Waals surface area contributed by atoms with Gasteiger partial charge in [0.05, 0.1) is 0 Å². The zero-order valence-electron chi connectivity index (χ0n) is 8.55. The lowest BCUT2D eigenvalue weighted by molar-refractivity contribution is 0.192. The van der Waals surface area contributed by atoms with Crippen LogP contribution in [0.2, 0.25) is 0 Å². The summed E-state index contributed by atoms with van der Waals surface area (Å²) >= 11 is 0. The standard InChI is InChI=1S/C10H21N3/c1-9-7-13(6-5-11-9)8-10-3-2-4-12-10/h9-12H,2-8H2,1H3/t9-,10+/m1/s1. The monoisotopic (exact) mass is 183 g/mol. The van der Waals surface area contributed by atoms with E-state index in [0.29, 0.717) is 6.04 Å². The van der Waals surface area contributed by atoms with Gasteiger partial charge in [-0.25, -0.2) is 0 Å². The molecule has 0 bridgehead atoms. The van der Waals surface area contributed by atoms with Gasteiger partial charge in [0.15, 0.2) is 0 Å². The third-order valence-electron chi connectivity index (χ3n) is 3.09. The van der Waals surface area contributed by atoms with Crippen molar-refractivity contribution in [1.29, 1.82) is 0 Å². The number of hydrogen-bond donors (Lipinski definition) is 2. The molecule has 0 spiro atoms. The predicted molar refractivity (Wildman–Crippen MR) is 54.9 cm³/mol. The zero-order valence-corrected chi connectivity index (χ0v) is 8.55. The largest absolute Gasteiger partial charge is 0.313 e. The van der Waals surface area contributed by atoms with Crippen LogP contribution in [0.25, 0.3) is 0 Å². The van der Waals surface area contributed by atoms with Crippen LogP contribution in [-0.4, -0.2) is 49.7 Å². The van der Waals surface area contributed by atoms with Crippen LogP contribution in [0.5, 0.6) is 0 Å². The maximum atomic E-state index is 3.56. The second kappa shape index (κ2) is 4.40. The van der Waals surface area contributed by atoms with Gasteiger partial charge < -0.3 is 10.6 Å². The van der Waals surface area contributed by atoms with Crippen molar-refractivity contribution < 1.29 is 0 Å². The van der Waals surface area contributed by atoms with E-state index in [1.54, 1.807) is 0 Å². The number of piperazine rings is 1. The second-order valence-corrected chi connectivity index (χ2v) is 4.41. The van der Waals surface area contributed by atoms with Crippen molar-refractivity contribution in [2.45, 2.75) is 31.8 Å². The Bertz CT molecular complexity index is 154. The molecule has 0 unspecified atom stereocenters. The SMILES string of the molecule is C[C@@H]1CN(C[C@@H]2CCCN2)CCN1. The third-order valence-corrected chi connectivity index (χ3v) is 3.09. The predicted octanol–water partition coefficient (Wildman–Crippen LogP) is 0.0321. The first-order chi connectivity index (χ1) is 6.34. The van der Waals surface area contributed by atoms with Gasteiger partial charge in [0.2, 0.25) is 0 Å². The fourth-order valence-corrected chi connectivity index (χ4v) is 2.40. The van der Waals surface area contributed by atoms with Crippen LogP contribution >= 0.6 is 0 Å². The molecule has 2 atom stereocenters. The van der Waals surface area contributed by atoms with Crippen molar-refractivity contribution in [3.8, 4) is 0 Å². The lowest BCUT2D eigenvalue weighted by Gasteiger charge is -2.33. The second-order valence-electron chi connectivity index (χ2n) is 4.41. The third kappa shape index (κ3) is 2.66. The molecule has 2 fully saturated rings. The summed E-state index contributed by atoms with van der Waals surface area (Å²) in [5.74, 6) is 0. The highest BCUT2D eigenvalue weighted by molar-refractivity contribution is 4.82. The van der Waals surface area contributed by atoms with Crippen molar-refractivity contribution >= 4 is 0 Å². The van der Waals surface area contributed by atoms with E-state index >= 15 is 0 Å². The van der Waals surface area contributed by atoms with Gasteiger partial charge in [-0.1, -0.05) is 0 Å². The lowest BCUT2D eigenvalue weighted by Crippen LogP contribution is -2.52. The summed E-state index contributed by atoms with van der Waals surface area (Å²) in [7, 11) is 0. The van der Waals surface area contributed by atoms with Gasteiger partial charge in [-0.15, -0.1) is 0 Å². The molecule has 0 amide bonds. The van der Waals surface area contributed by atoms with E-state index in [-0.39, 0.29) is 0 Å². The van der Waals surface area contributed by atoms with E-state index in [1.807, 2.05) is 0 Å². The van der Waals surface area contributed by atoms with Crippen LogP contribution in [0.1, 0.15) is 19.8 Å². The molecule has 2 saturated heterocycles. The van der Waals surface area contributed by atoms with E-state index in [9.17, 15) is 0 Å². The Kier molecular flexibility index (Phi) is 3.19. The summed E-state index contributed by atoms with van der Waals surface area (Å²) in [5, 5.41) is 7.03. The van der Waals surface area contributed by atoms with Gasteiger partial charge in [0.25, 0.3) is 0 Å². The first-order valence-corrected chi connectivity index (χ1v) is 5.54. The molecule has 0 saturated carbocycles. The highest BCUT2D eigenvalue weighted by Crippen LogP contribution is 2.08. The molecule has 0 aromatic rings. The minimum atomic E-state index is 0.676. The first kappa shape index (κ1) is 9.44. The summed E-state index contributed by atoms with van der Waals surface area (Å²) in [5.41, 5.74) is 0. The zero-order chi connectivity index (χ0) is 9.10. The van der Waals surface area contributed by atoms with E-state index < -0.39 is 0 Å². The van der Waals surface area contributed by atoms with E-state index in [0.717, 1.165) is 12.6 Å². The summed E-state index contributed by atoms with van der Waals surface area (Å²) in [6.07, 6.45) is 2.74. The molecule has 0 radical (unpaired) electrons. The number of hydrogen-bond acceptors (Lipinski definition) is 3. The molecular formula is C10H21N3. The molecule has 76 valence electrons. The molecular weight excluding hydrogens is 162 g/mol. The van der Waals surface area contributed by atoms with Gasteiger partial charge in [0, 0.05) is 38.3 Å². The fourth-order valence-electron chi connectivity index (χ4n) is 2.40. The van der Waals surface area contributed by atoms with Gasteiger partial charge in [0.1, 0.15) is 0 Å². The summed E-state index contributed by atoms with van der Waals surface area (Å²) in [6, 6.07) is 1.44. The molecule has 2 aliphatic rings. The summed E-state index contributed by atoms with van der Waals surface area (Å²) < 4.78 is 0. The Morgan fingerprint density at radius 2 is 2.23 bits per heavy atom.